The monoisotopic (exact) mass is 282 g/mol. The number of rotatable bonds is 3. The van der Waals surface area contributed by atoms with Gasteiger partial charge in [-0.25, -0.2) is 0 Å². The molecule has 2 rings (SSSR count). The Morgan fingerprint density at radius 3 is 2.50 bits per heavy atom. The molecule has 1 aromatic rings. The van der Waals surface area contributed by atoms with Gasteiger partial charge in [0.15, 0.2) is 0 Å². The molecule has 6 heteroatoms. The van der Waals surface area contributed by atoms with E-state index in [1.165, 1.54) is 18.2 Å². The summed E-state index contributed by atoms with van der Waals surface area (Å²) >= 11 is 0. The van der Waals surface area contributed by atoms with E-state index in [2.05, 4.69) is 5.32 Å². The SMILES string of the molecule is N#CC1(C(=O)NCc2ccccc2C(F)(F)F)CCC1. The normalized spacial score (nSPS) is 16.9. The standard InChI is InChI=1S/C14H13F3N2O/c15-14(16,17)11-5-2-1-4-10(11)8-19-12(20)13(9-18)6-3-7-13/h1-2,4-5H,3,6-8H2,(H,19,20). The number of carbonyl (C=O) groups excluding carboxylic acids is 1. The molecule has 0 radical (unpaired) electrons. The van der Waals surface area contributed by atoms with E-state index in [1.807, 2.05) is 6.07 Å². The minimum absolute atomic E-state index is 0.000707. The molecule has 0 aromatic heterocycles. The maximum atomic E-state index is 12.8. The molecule has 0 saturated heterocycles. The number of amides is 1. The molecule has 1 saturated carbocycles. The second-order valence-electron chi connectivity index (χ2n) is 4.89. The van der Waals surface area contributed by atoms with Crippen LogP contribution in [-0.4, -0.2) is 5.91 Å². The average molecular weight is 282 g/mol. The van der Waals surface area contributed by atoms with Crippen LogP contribution < -0.4 is 5.32 Å². The van der Waals surface area contributed by atoms with Crippen molar-refractivity contribution in [2.45, 2.75) is 32.0 Å². The molecule has 1 N–H and O–H groups in total. The fourth-order valence-corrected chi connectivity index (χ4v) is 2.22. The topological polar surface area (TPSA) is 52.9 Å². The van der Waals surface area contributed by atoms with Crippen LogP contribution >= 0.6 is 0 Å². The Labute approximate surface area is 114 Å². The van der Waals surface area contributed by atoms with Crippen LogP contribution in [0.4, 0.5) is 13.2 Å². The fraction of sp³-hybridized carbons (Fsp3) is 0.429. The van der Waals surface area contributed by atoms with E-state index in [9.17, 15) is 18.0 Å². The van der Waals surface area contributed by atoms with Crippen LogP contribution in [0.1, 0.15) is 30.4 Å². The highest BCUT2D eigenvalue weighted by atomic mass is 19.4. The van der Waals surface area contributed by atoms with Crippen LogP contribution in [0.5, 0.6) is 0 Å². The maximum Gasteiger partial charge on any atom is 0.416 e. The van der Waals surface area contributed by atoms with E-state index < -0.39 is 23.1 Å². The van der Waals surface area contributed by atoms with Gasteiger partial charge in [0.25, 0.3) is 0 Å². The first-order valence-corrected chi connectivity index (χ1v) is 6.24. The summed E-state index contributed by atoms with van der Waals surface area (Å²) in [5.41, 5.74) is -1.81. The molecule has 1 fully saturated rings. The molecule has 0 spiro atoms. The van der Waals surface area contributed by atoms with E-state index in [0.29, 0.717) is 12.8 Å². The summed E-state index contributed by atoms with van der Waals surface area (Å²) in [6.07, 6.45) is -2.72. The van der Waals surface area contributed by atoms with Gasteiger partial charge in [-0.2, -0.15) is 18.4 Å². The van der Waals surface area contributed by atoms with Crippen LogP contribution in [0.3, 0.4) is 0 Å². The lowest BCUT2D eigenvalue weighted by atomic mass is 9.69. The molecule has 1 aliphatic rings. The van der Waals surface area contributed by atoms with Gasteiger partial charge in [-0.05, 0) is 30.9 Å². The predicted octanol–water partition coefficient (Wildman–Crippen LogP) is 3.02. The quantitative estimate of drug-likeness (QED) is 0.926. The molecule has 0 unspecified atom stereocenters. The van der Waals surface area contributed by atoms with Gasteiger partial charge >= 0.3 is 6.18 Å². The zero-order valence-corrected chi connectivity index (χ0v) is 10.6. The number of halogens is 3. The van der Waals surface area contributed by atoms with E-state index >= 15 is 0 Å². The van der Waals surface area contributed by atoms with Gasteiger partial charge in [0.2, 0.25) is 5.91 Å². The number of alkyl halides is 3. The Morgan fingerprint density at radius 2 is 2.00 bits per heavy atom. The molecule has 106 valence electrons. The van der Waals surface area contributed by atoms with Crippen molar-refractivity contribution in [1.82, 2.24) is 5.32 Å². The van der Waals surface area contributed by atoms with E-state index in [1.54, 1.807) is 0 Å². The van der Waals surface area contributed by atoms with Crippen molar-refractivity contribution < 1.29 is 18.0 Å². The number of nitrogens with one attached hydrogen (secondary N) is 1. The van der Waals surface area contributed by atoms with Crippen molar-refractivity contribution in [3.05, 3.63) is 35.4 Å². The summed E-state index contributed by atoms with van der Waals surface area (Å²) in [4.78, 5) is 11.9. The smallest absolute Gasteiger partial charge is 0.351 e. The highest BCUT2D eigenvalue weighted by molar-refractivity contribution is 5.86. The summed E-state index contributed by atoms with van der Waals surface area (Å²) in [6, 6.07) is 7.05. The Bertz CT molecular complexity index is 556. The van der Waals surface area contributed by atoms with E-state index in [4.69, 9.17) is 5.26 Å². The summed E-state index contributed by atoms with van der Waals surface area (Å²) in [6.45, 7) is -0.224. The lowest BCUT2D eigenvalue weighted by Crippen LogP contribution is -2.44. The van der Waals surface area contributed by atoms with Crippen LogP contribution in [0.25, 0.3) is 0 Å². The second kappa shape index (κ2) is 5.16. The van der Waals surface area contributed by atoms with Crippen LogP contribution in [0, 0.1) is 16.7 Å². The largest absolute Gasteiger partial charge is 0.416 e. The number of benzene rings is 1. The number of nitriles is 1. The highest BCUT2D eigenvalue weighted by Crippen LogP contribution is 2.40. The summed E-state index contributed by atoms with van der Waals surface area (Å²) in [7, 11) is 0. The van der Waals surface area contributed by atoms with Gasteiger partial charge in [-0.3, -0.25) is 4.79 Å². The van der Waals surface area contributed by atoms with Crippen molar-refractivity contribution >= 4 is 5.91 Å². The molecule has 0 bridgehead atoms. The number of carbonyl (C=O) groups is 1. The molecule has 0 atom stereocenters. The van der Waals surface area contributed by atoms with Gasteiger partial charge in [-0.15, -0.1) is 0 Å². The Morgan fingerprint density at radius 1 is 1.35 bits per heavy atom. The molecule has 20 heavy (non-hydrogen) atoms. The van der Waals surface area contributed by atoms with Crippen molar-refractivity contribution in [2.24, 2.45) is 5.41 Å². The van der Waals surface area contributed by atoms with Crippen LogP contribution in [0.15, 0.2) is 24.3 Å². The summed E-state index contributed by atoms with van der Waals surface area (Å²) in [5.74, 6) is -0.483. The maximum absolute atomic E-state index is 12.8. The predicted molar refractivity (Wildman–Crippen MR) is 65.2 cm³/mol. The zero-order valence-electron chi connectivity index (χ0n) is 10.6. The Hall–Kier alpha value is -2.03. The van der Waals surface area contributed by atoms with Crippen molar-refractivity contribution in [3.63, 3.8) is 0 Å². The lowest BCUT2D eigenvalue weighted by Gasteiger charge is -2.33. The number of hydrogen-bond donors (Lipinski definition) is 1. The van der Waals surface area contributed by atoms with Gasteiger partial charge < -0.3 is 5.32 Å². The number of hydrogen-bond acceptors (Lipinski definition) is 2. The first-order valence-electron chi connectivity index (χ1n) is 6.24. The zero-order chi connectivity index (χ0) is 14.8. The third-order valence-corrected chi connectivity index (χ3v) is 3.62. The third kappa shape index (κ3) is 2.62. The fourth-order valence-electron chi connectivity index (χ4n) is 2.22. The van der Waals surface area contributed by atoms with Crippen molar-refractivity contribution in [2.75, 3.05) is 0 Å². The third-order valence-electron chi connectivity index (χ3n) is 3.62. The lowest BCUT2D eigenvalue weighted by molar-refractivity contribution is -0.139. The highest BCUT2D eigenvalue weighted by Gasteiger charge is 2.44. The van der Waals surface area contributed by atoms with Gasteiger partial charge in [0.05, 0.1) is 11.6 Å². The first kappa shape index (κ1) is 14.4. The molecule has 1 amide bonds. The molecule has 1 aromatic carbocycles. The summed E-state index contributed by atoms with van der Waals surface area (Å²) < 4.78 is 38.4. The van der Waals surface area contributed by atoms with Crippen molar-refractivity contribution in [1.29, 1.82) is 5.26 Å². The van der Waals surface area contributed by atoms with E-state index in [0.717, 1.165) is 12.5 Å². The second-order valence-corrected chi connectivity index (χ2v) is 4.89. The molecular weight excluding hydrogens is 269 g/mol. The summed E-state index contributed by atoms with van der Waals surface area (Å²) in [5, 5.41) is 11.4. The van der Waals surface area contributed by atoms with Gasteiger partial charge in [0, 0.05) is 6.54 Å². The minimum Gasteiger partial charge on any atom is -0.351 e. The Balaban J connectivity index is 2.09. The Kier molecular flexibility index (Phi) is 3.71. The van der Waals surface area contributed by atoms with Crippen molar-refractivity contribution in [3.8, 4) is 6.07 Å². The number of nitrogens with zero attached hydrogens (tertiary/aromatic N) is 1. The first-order chi connectivity index (χ1) is 9.39. The van der Waals surface area contributed by atoms with Crippen LogP contribution in [0.2, 0.25) is 0 Å². The van der Waals surface area contributed by atoms with Gasteiger partial charge in [-0.1, -0.05) is 18.2 Å². The molecular formula is C14H13F3N2O. The van der Waals surface area contributed by atoms with Crippen LogP contribution in [-0.2, 0) is 17.5 Å². The van der Waals surface area contributed by atoms with Gasteiger partial charge in [0.1, 0.15) is 5.41 Å². The van der Waals surface area contributed by atoms with E-state index in [-0.39, 0.29) is 12.1 Å². The minimum atomic E-state index is -4.45. The average Bonchev–Trinajstić information content (AvgIpc) is 2.35. The molecule has 3 nitrogen and oxygen atoms in total. The molecule has 0 heterocycles. The molecule has 0 aliphatic heterocycles. The molecule has 1 aliphatic carbocycles.